The van der Waals surface area contributed by atoms with Crippen LogP contribution in [-0.4, -0.2) is 9.96 Å². The van der Waals surface area contributed by atoms with Gasteiger partial charge < -0.3 is 0 Å². The van der Waals surface area contributed by atoms with E-state index in [9.17, 15) is 4.21 Å². The normalized spacial score (nSPS) is 14.1. The van der Waals surface area contributed by atoms with Crippen LogP contribution in [-0.2, 0) is 10.8 Å². The van der Waals surface area contributed by atoms with Crippen molar-refractivity contribution >= 4 is 22.4 Å². The number of hydrogen-bond donors (Lipinski definition) is 0. The Bertz CT molecular complexity index is 396. The van der Waals surface area contributed by atoms with E-state index in [0.29, 0.717) is 23.6 Å². The van der Waals surface area contributed by atoms with Gasteiger partial charge in [0.05, 0.1) is 11.3 Å². The molecule has 0 aliphatic rings. The highest BCUT2D eigenvalue weighted by molar-refractivity contribution is 7.85. The van der Waals surface area contributed by atoms with Crippen molar-refractivity contribution in [1.29, 1.82) is 5.26 Å². The third kappa shape index (κ3) is 3.96. The molecular formula is C12H14ClNOS. The first-order valence-corrected chi connectivity index (χ1v) is 6.90. The third-order valence-corrected chi connectivity index (χ3v) is 4.37. The third-order valence-electron chi connectivity index (χ3n) is 2.37. The number of hydrogen-bond acceptors (Lipinski definition) is 2. The Labute approximate surface area is 104 Å². The highest BCUT2D eigenvalue weighted by Gasteiger charge is 2.12. The second-order valence-corrected chi connectivity index (χ2v) is 5.85. The highest BCUT2D eigenvalue weighted by atomic mass is 35.5. The summed E-state index contributed by atoms with van der Waals surface area (Å²) in [6.45, 7) is 1.94. The second kappa shape index (κ2) is 6.67. The van der Waals surface area contributed by atoms with Crippen molar-refractivity contribution < 1.29 is 4.21 Å². The Hall–Kier alpha value is -0.850. The van der Waals surface area contributed by atoms with Gasteiger partial charge in [0, 0.05) is 28.0 Å². The quantitative estimate of drug-likeness (QED) is 0.756. The van der Waals surface area contributed by atoms with E-state index >= 15 is 0 Å². The van der Waals surface area contributed by atoms with E-state index in [2.05, 4.69) is 6.07 Å². The molecule has 1 aromatic carbocycles. The summed E-state index contributed by atoms with van der Waals surface area (Å²) in [6.07, 6.45) is 1.17. The largest absolute Gasteiger partial charge is 0.259 e. The highest BCUT2D eigenvalue weighted by Crippen LogP contribution is 2.21. The molecule has 0 aliphatic heterocycles. The predicted molar refractivity (Wildman–Crippen MR) is 67.7 cm³/mol. The van der Waals surface area contributed by atoms with Crippen molar-refractivity contribution in [2.45, 2.75) is 25.0 Å². The average Bonchev–Trinajstić information content (AvgIpc) is 2.29. The Kier molecular flexibility index (Phi) is 5.51. The van der Waals surface area contributed by atoms with E-state index in [1.54, 1.807) is 12.1 Å². The minimum absolute atomic E-state index is 0.00374. The molecule has 0 radical (unpaired) electrons. The molecule has 0 aliphatic carbocycles. The van der Waals surface area contributed by atoms with Crippen molar-refractivity contribution in [3.8, 4) is 6.07 Å². The zero-order valence-electron chi connectivity index (χ0n) is 9.15. The van der Waals surface area contributed by atoms with Gasteiger partial charge in [-0.3, -0.25) is 4.21 Å². The molecule has 4 heteroatoms. The molecule has 0 spiro atoms. The van der Waals surface area contributed by atoms with Crippen LogP contribution in [0.5, 0.6) is 0 Å². The Balaban J connectivity index is 2.57. The summed E-state index contributed by atoms with van der Waals surface area (Å²) in [7, 11) is -0.918. The van der Waals surface area contributed by atoms with Crippen molar-refractivity contribution in [2.75, 3.05) is 5.75 Å². The smallest absolute Gasteiger partial charge is 0.0622 e. The van der Waals surface area contributed by atoms with Gasteiger partial charge in [0.1, 0.15) is 0 Å². The number of rotatable bonds is 5. The molecule has 0 fully saturated rings. The van der Waals surface area contributed by atoms with Crippen LogP contribution in [0.2, 0.25) is 5.02 Å². The zero-order chi connectivity index (χ0) is 12.0. The fraction of sp³-hybridized carbons (Fsp3) is 0.417. The maximum Gasteiger partial charge on any atom is 0.0622 e. The number of unbranched alkanes of at least 4 members (excludes halogenated alkanes) is 1. The first-order chi connectivity index (χ1) is 7.65. The summed E-state index contributed by atoms with van der Waals surface area (Å²) in [6, 6.07) is 9.46. The summed E-state index contributed by atoms with van der Waals surface area (Å²) in [5, 5.41) is 9.08. The molecule has 2 nitrogen and oxygen atoms in total. The lowest BCUT2D eigenvalue weighted by Gasteiger charge is -2.11. The summed E-state index contributed by atoms with van der Waals surface area (Å²) in [5.74, 6) is 0.581. The first-order valence-electron chi connectivity index (χ1n) is 5.14. The van der Waals surface area contributed by atoms with Crippen LogP contribution in [0.3, 0.4) is 0 Å². The fourth-order valence-corrected chi connectivity index (χ4v) is 2.72. The SMILES string of the molecule is C[C@@H](c1ccc(Cl)cc1)[S@@](=O)CCCC#N. The second-order valence-electron chi connectivity index (χ2n) is 3.54. The van der Waals surface area contributed by atoms with Crippen molar-refractivity contribution in [3.05, 3.63) is 34.9 Å². The molecule has 0 N–H and O–H groups in total. The van der Waals surface area contributed by atoms with Crippen LogP contribution in [0.4, 0.5) is 0 Å². The van der Waals surface area contributed by atoms with Crippen molar-refractivity contribution in [2.24, 2.45) is 0 Å². The Morgan fingerprint density at radius 3 is 2.62 bits per heavy atom. The van der Waals surface area contributed by atoms with Gasteiger partial charge >= 0.3 is 0 Å². The first kappa shape index (κ1) is 13.2. The van der Waals surface area contributed by atoms with Crippen molar-refractivity contribution in [1.82, 2.24) is 0 Å². The van der Waals surface area contributed by atoms with E-state index in [-0.39, 0.29) is 5.25 Å². The Morgan fingerprint density at radius 2 is 2.06 bits per heavy atom. The zero-order valence-corrected chi connectivity index (χ0v) is 10.7. The topological polar surface area (TPSA) is 40.9 Å². The molecule has 0 saturated carbocycles. The molecule has 2 atom stereocenters. The van der Waals surface area contributed by atoms with Gasteiger partial charge in [-0.1, -0.05) is 23.7 Å². The van der Waals surface area contributed by atoms with E-state index < -0.39 is 10.8 Å². The molecule has 0 unspecified atom stereocenters. The monoisotopic (exact) mass is 255 g/mol. The predicted octanol–water partition coefficient (Wildman–Crippen LogP) is 3.45. The molecule has 1 aromatic rings. The molecule has 16 heavy (non-hydrogen) atoms. The molecular weight excluding hydrogens is 242 g/mol. The van der Waals surface area contributed by atoms with Gasteiger partial charge in [-0.25, -0.2) is 0 Å². The van der Waals surface area contributed by atoms with Gasteiger partial charge in [0.25, 0.3) is 0 Å². The van der Waals surface area contributed by atoms with E-state index in [0.717, 1.165) is 5.56 Å². The fourth-order valence-electron chi connectivity index (χ4n) is 1.36. The molecule has 0 saturated heterocycles. The van der Waals surface area contributed by atoms with Gasteiger partial charge in [-0.15, -0.1) is 0 Å². The van der Waals surface area contributed by atoms with E-state index in [4.69, 9.17) is 16.9 Å². The minimum Gasteiger partial charge on any atom is -0.259 e. The van der Waals surface area contributed by atoms with Crippen LogP contribution in [0, 0.1) is 11.3 Å². The summed E-state index contributed by atoms with van der Waals surface area (Å²) >= 11 is 5.79. The number of benzene rings is 1. The maximum absolute atomic E-state index is 11.9. The lowest BCUT2D eigenvalue weighted by atomic mass is 10.2. The molecule has 0 heterocycles. The number of nitriles is 1. The van der Waals surface area contributed by atoms with Crippen LogP contribution in [0.1, 0.15) is 30.6 Å². The number of halogens is 1. The number of nitrogens with zero attached hydrogens (tertiary/aromatic N) is 1. The average molecular weight is 256 g/mol. The Morgan fingerprint density at radius 1 is 1.44 bits per heavy atom. The molecule has 86 valence electrons. The van der Waals surface area contributed by atoms with Gasteiger partial charge in [0.15, 0.2) is 0 Å². The lowest BCUT2D eigenvalue weighted by molar-refractivity contribution is 0.673. The van der Waals surface area contributed by atoms with Crippen LogP contribution in [0.25, 0.3) is 0 Å². The summed E-state index contributed by atoms with van der Waals surface area (Å²) in [4.78, 5) is 0. The standard InChI is InChI=1S/C12H14ClNOS/c1-10(16(15)9-3-2-8-14)11-4-6-12(13)7-5-11/h4-7,10H,2-3,9H2,1H3/t10-,16-/m0/s1. The van der Waals surface area contributed by atoms with Crippen LogP contribution >= 0.6 is 11.6 Å². The van der Waals surface area contributed by atoms with Crippen LogP contribution in [0.15, 0.2) is 24.3 Å². The molecule has 0 amide bonds. The molecule has 0 aromatic heterocycles. The van der Waals surface area contributed by atoms with Crippen LogP contribution < -0.4 is 0 Å². The van der Waals surface area contributed by atoms with Gasteiger partial charge in [0.2, 0.25) is 0 Å². The lowest BCUT2D eigenvalue weighted by Crippen LogP contribution is -2.06. The van der Waals surface area contributed by atoms with Crippen molar-refractivity contribution in [3.63, 3.8) is 0 Å². The minimum atomic E-state index is -0.918. The summed E-state index contributed by atoms with van der Waals surface area (Å²) < 4.78 is 11.9. The van der Waals surface area contributed by atoms with E-state index in [1.165, 1.54) is 0 Å². The van der Waals surface area contributed by atoms with Gasteiger partial charge in [-0.2, -0.15) is 5.26 Å². The van der Waals surface area contributed by atoms with Gasteiger partial charge in [-0.05, 0) is 31.0 Å². The summed E-state index contributed by atoms with van der Waals surface area (Å²) in [5.41, 5.74) is 1.03. The maximum atomic E-state index is 11.9. The molecule has 1 rings (SSSR count). The van der Waals surface area contributed by atoms with E-state index in [1.807, 2.05) is 19.1 Å². The molecule has 0 bridgehead atoms.